The molecule has 1 atom stereocenters. The van der Waals surface area contributed by atoms with Crippen molar-refractivity contribution in [3.05, 3.63) is 28.5 Å². The molecule has 0 radical (unpaired) electrons. The number of nitrogens with zero attached hydrogens (tertiary/aromatic N) is 2. The number of hydrogen-bond donors (Lipinski definition) is 0. The Labute approximate surface area is 140 Å². The van der Waals surface area contributed by atoms with E-state index in [2.05, 4.69) is 0 Å². The standard InChI is InChI=1S/C17H22N2O3S/c20-16(5-4-14-6-12-23-13-14)19-7-2-1-3-15(19)17(21)18-8-10-22-11-9-18/h4-6,12-13,15H,1-3,7-11H2/b5-4-. The number of thiophene rings is 1. The minimum atomic E-state index is -0.318. The van der Waals surface area contributed by atoms with Crippen LogP contribution in [0.15, 0.2) is 22.9 Å². The van der Waals surface area contributed by atoms with Crippen LogP contribution in [0.25, 0.3) is 6.08 Å². The van der Waals surface area contributed by atoms with E-state index in [1.165, 1.54) is 0 Å². The lowest BCUT2D eigenvalue weighted by atomic mass is 10.0. The molecule has 124 valence electrons. The van der Waals surface area contributed by atoms with Gasteiger partial charge in [-0.25, -0.2) is 0 Å². The molecule has 23 heavy (non-hydrogen) atoms. The third kappa shape index (κ3) is 4.00. The second-order valence-corrected chi connectivity index (χ2v) is 6.65. The van der Waals surface area contributed by atoms with Gasteiger partial charge in [0.05, 0.1) is 13.2 Å². The summed E-state index contributed by atoms with van der Waals surface area (Å²) >= 11 is 1.60. The van der Waals surface area contributed by atoms with Gasteiger partial charge in [0.15, 0.2) is 0 Å². The van der Waals surface area contributed by atoms with Crippen molar-refractivity contribution in [3.63, 3.8) is 0 Å². The Bertz CT molecular complexity index is 564. The fourth-order valence-electron chi connectivity index (χ4n) is 3.08. The molecule has 2 fully saturated rings. The summed E-state index contributed by atoms with van der Waals surface area (Å²) in [6.45, 7) is 3.09. The summed E-state index contributed by atoms with van der Waals surface area (Å²) in [7, 11) is 0. The Kier molecular flexibility index (Phi) is 5.46. The molecule has 2 saturated heterocycles. The normalized spacial score (nSPS) is 22.5. The number of hydrogen-bond acceptors (Lipinski definition) is 4. The van der Waals surface area contributed by atoms with E-state index >= 15 is 0 Å². The number of carbonyl (C=O) groups excluding carboxylic acids is 2. The Morgan fingerprint density at radius 2 is 2.04 bits per heavy atom. The zero-order valence-electron chi connectivity index (χ0n) is 13.1. The Morgan fingerprint density at radius 3 is 2.78 bits per heavy atom. The summed E-state index contributed by atoms with van der Waals surface area (Å²) in [6.07, 6.45) is 6.13. The summed E-state index contributed by atoms with van der Waals surface area (Å²) in [4.78, 5) is 28.9. The van der Waals surface area contributed by atoms with Crippen molar-refractivity contribution in [1.82, 2.24) is 9.80 Å². The number of morpholine rings is 1. The number of amides is 2. The van der Waals surface area contributed by atoms with Crippen LogP contribution in [0, 0.1) is 0 Å². The van der Waals surface area contributed by atoms with Gasteiger partial charge in [-0.15, -0.1) is 0 Å². The first-order chi connectivity index (χ1) is 11.3. The molecule has 6 heteroatoms. The molecule has 2 amide bonds. The smallest absolute Gasteiger partial charge is 0.247 e. The molecule has 0 N–H and O–H groups in total. The van der Waals surface area contributed by atoms with Gasteiger partial charge < -0.3 is 14.5 Å². The van der Waals surface area contributed by atoms with Crippen LogP contribution in [0.2, 0.25) is 0 Å². The highest BCUT2D eigenvalue weighted by Gasteiger charge is 2.34. The summed E-state index contributed by atoms with van der Waals surface area (Å²) < 4.78 is 5.31. The summed E-state index contributed by atoms with van der Waals surface area (Å²) in [5, 5.41) is 3.98. The molecule has 0 aliphatic carbocycles. The lowest BCUT2D eigenvalue weighted by Gasteiger charge is -2.38. The van der Waals surface area contributed by atoms with Crippen LogP contribution in [0.1, 0.15) is 24.8 Å². The van der Waals surface area contributed by atoms with Gasteiger partial charge in [-0.3, -0.25) is 9.59 Å². The SMILES string of the molecule is O=C(C1CCCCN1C(=O)/C=C\c1ccsc1)N1CCOCC1. The summed E-state index contributed by atoms with van der Waals surface area (Å²) in [5.74, 6) is 0.00722. The second-order valence-electron chi connectivity index (χ2n) is 5.87. The zero-order chi connectivity index (χ0) is 16.1. The van der Waals surface area contributed by atoms with Crippen LogP contribution < -0.4 is 0 Å². The predicted molar refractivity (Wildman–Crippen MR) is 90.1 cm³/mol. The van der Waals surface area contributed by atoms with E-state index in [0.717, 1.165) is 24.8 Å². The van der Waals surface area contributed by atoms with Crippen LogP contribution >= 0.6 is 11.3 Å². The second kappa shape index (κ2) is 7.75. The Balaban J connectivity index is 1.67. The first kappa shape index (κ1) is 16.2. The molecule has 0 saturated carbocycles. The van der Waals surface area contributed by atoms with E-state index in [9.17, 15) is 9.59 Å². The fourth-order valence-corrected chi connectivity index (χ4v) is 3.71. The number of likely N-dealkylation sites (tertiary alicyclic amines) is 1. The summed E-state index contributed by atoms with van der Waals surface area (Å²) in [6, 6.07) is 1.66. The molecular weight excluding hydrogens is 312 g/mol. The molecule has 0 bridgehead atoms. The van der Waals surface area contributed by atoms with E-state index in [0.29, 0.717) is 32.8 Å². The van der Waals surface area contributed by atoms with Gasteiger partial charge in [0.2, 0.25) is 11.8 Å². The van der Waals surface area contributed by atoms with Crippen molar-refractivity contribution < 1.29 is 14.3 Å². The molecule has 1 aromatic heterocycles. The molecule has 2 aliphatic rings. The van der Waals surface area contributed by atoms with Gasteiger partial charge in [-0.2, -0.15) is 11.3 Å². The van der Waals surface area contributed by atoms with E-state index in [1.54, 1.807) is 22.3 Å². The molecule has 5 nitrogen and oxygen atoms in total. The van der Waals surface area contributed by atoms with Crippen LogP contribution in [0.5, 0.6) is 0 Å². The molecule has 1 aromatic rings. The lowest BCUT2D eigenvalue weighted by Crippen LogP contribution is -2.54. The maximum Gasteiger partial charge on any atom is 0.247 e. The van der Waals surface area contributed by atoms with Gasteiger partial charge in [0.1, 0.15) is 6.04 Å². The molecular formula is C17H22N2O3S. The van der Waals surface area contributed by atoms with Crippen molar-refractivity contribution in [2.24, 2.45) is 0 Å². The van der Waals surface area contributed by atoms with Crippen molar-refractivity contribution in [2.45, 2.75) is 25.3 Å². The average Bonchev–Trinajstić information content (AvgIpc) is 3.13. The van der Waals surface area contributed by atoms with E-state index < -0.39 is 0 Å². The van der Waals surface area contributed by atoms with Crippen LogP contribution in [0.3, 0.4) is 0 Å². The number of ether oxygens (including phenoxy) is 1. The van der Waals surface area contributed by atoms with Crippen LogP contribution in [-0.4, -0.2) is 60.5 Å². The van der Waals surface area contributed by atoms with Crippen molar-refractivity contribution in [2.75, 3.05) is 32.8 Å². The molecule has 0 spiro atoms. The highest BCUT2D eigenvalue weighted by Crippen LogP contribution is 2.20. The van der Waals surface area contributed by atoms with Crippen molar-refractivity contribution >= 4 is 29.2 Å². The highest BCUT2D eigenvalue weighted by atomic mass is 32.1. The maximum atomic E-state index is 12.8. The number of piperidine rings is 1. The van der Waals surface area contributed by atoms with E-state index in [1.807, 2.05) is 27.8 Å². The molecule has 2 aliphatic heterocycles. The third-order valence-electron chi connectivity index (χ3n) is 4.36. The van der Waals surface area contributed by atoms with Crippen molar-refractivity contribution in [1.29, 1.82) is 0 Å². The third-order valence-corrected chi connectivity index (χ3v) is 5.06. The topological polar surface area (TPSA) is 49.9 Å². The van der Waals surface area contributed by atoms with Gasteiger partial charge in [0.25, 0.3) is 0 Å². The minimum absolute atomic E-state index is 0.0671. The lowest BCUT2D eigenvalue weighted by molar-refractivity contribution is -0.148. The van der Waals surface area contributed by atoms with E-state index in [-0.39, 0.29) is 17.9 Å². The zero-order valence-corrected chi connectivity index (χ0v) is 14.0. The number of carbonyl (C=O) groups is 2. The maximum absolute atomic E-state index is 12.8. The molecule has 3 rings (SSSR count). The monoisotopic (exact) mass is 334 g/mol. The predicted octanol–water partition coefficient (Wildman–Crippen LogP) is 2.00. The van der Waals surface area contributed by atoms with Crippen molar-refractivity contribution in [3.8, 4) is 0 Å². The van der Waals surface area contributed by atoms with Crippen LogP contribution in [0.4, 0.5) is 0 Å². The highest BCUT2D eigenvalue weighted by molar-refractivity contribution is 7.08. The van der Waals surface area contributed by atoms with Gasteiger partial charge in [0, 0.05) is 25.7 Å². The molecule has 1 unspecified atom stereocenters. The quantitative estimate of drug-likeness (QED) is 0.795. The van der Waals surface area contributed by atoms with Gasteiger partial charge in [-0.05, 0) is 47.7 Å². The first-order valence-electron chi connectivity index (χ1n) is 8.13. The van der Waals surface area contributed by atoms with E-state index in [4.69, 9.17) is 4.74 Å². The van der Waals surface area contributed by atoms with Gasteiger partial charge in [-0.1, -0.05) is 0 Å². The fraction of sp³-hybridized carbons (Fsp3) is 0.529. The Hall–Kier alpha value is -1.66. The first-order valence-corrected chi connectivity index (χ1v) is 9.07. The van der Waals surface area contributed by atoms with Gasteiger partial charge >= 0.3 is 0 Å². The molecule has 0 aromatic carbocycles. The number of rotatable bonds is 3. The largest absolute Gasteiger partial charge is 0.378 e. The minimum Gasteiger partial charge on any atom is -0.378 e. The van der Waals surface area contributed by atoms with Crippen LogP contribution in [-0.2, 0) is 14.3 Å². The molecule has 3 heterocycles. The summed E-state index contributed by atoms with van der Waals surface area (Å²) in [5.41, 5.74) is 1.02. The average molecular weight is 334 g/mol. The Morgan fingerprint density at radius 1 is 1.22 bits per heavy atom.